The Morgan fingerprint density at radius 2 is 2.18 bits per heavy atom. The monoisotopic (exact) mass is 302 g/mol. The molecule has 0 radical (unpaired) electrons. The molecule has 1 aromatic heterocycles. The number of carbonyl (C=O) groups excluding carboxylic acids is 1. The minimum Gasteiger partial charge on any atom is -0.380 e. The van der Waals surface area contributed by atoms with E-state index >= 15 is 0 Å². The maximum Gasteiger partial charge on any atom is 0.222 e. The molecule has 1 unspecified atom stereocenters. The van der Waals surface area contributed by atoms with Crippen molar-refractivity contribution in [2.45, 2.75) is 18.9 Å². The van der Waals surface area contributed by atoms with Gasteiger partial charge in [0.15, 0.2) is 0 Å². The van der Waals surface area contributed by atoms with Gasteiger partial charge in [-0.15, -0.1) is 0 Å². The molecule has 0 spiro atoms. The van der Waals surface area contributed by atoms with Crippen LogP contribution in [0.25, 0.3) is 5.69 Å². The fourth-order valence-corrected chi connectivity index (χ4v) is 2.10. The molecule has 2 rings (SSSR count). The van der Waals surface area contributed by atoms with E-state index in [0.717, 1.165) is 17.7 Å². The summed E-state index contributed by atoms with van der Waals surface area (Å²) in [7, 11) is 1.56. The first-order valence-corrected chi connectivity index (χ1v) is 7.31. The van der Waals surface area contributed by atoms with Crippen LogP contribution in [0.4, 0.5) is 0 Å². The molecule has 2 aromatic rings. The highest BCUT2D eigenvalue weighted by molar-refractivity contribution is 5.76. The molecule has 6 heteroatoms. The highest BCUT2D eigenvalue weighted by Gasteiger charge is 2.10. The van der Waals surface area contributed by atoms with E-state index in [0.29, 0.717) is 13.1 Å². The fraction of sp³-hybridized carbons (Fsp3) is 0.375. The number of nitrogens with one attached hydrogen (secondary N) is 1. The average molecular weight is 302 g/mol. The second-order valence-electron chi connectivity index (χ2n) is 5.03. The van der Waals surface area contributed by atoms with Crippen molar-refractivity contribution in [3.63, 3.8) is 0 Å². The van der Waals surface area contributed by atoms with E-state index in [4.69, 9.17) is 10.5 Å². The Balaban J connectivity index is 1.78. The topological polar surface area (TPSA) is 82.2 Å². The largest absolute Gasteiger partial charge is 0.380 e. The predicted molar refractivity (Wildman–Crippen MR) is 84.7 cm³/mol. The van der Waals surface area contributed by atoms with E-state index in [1.165, 1.54) is 0 Å². The van der Waals surface area contributed by atoms with Gasteiger partial charge in [-0.05, 0) is 24.1 Å². The lowest BCUT2D eigenvalue weighted by Crippen LogP contribution is -2.33. The number of hydrogen-bond donors (Lipinski definition) is 2. The zero-order valence-electron chi connectivity index (χ0n) is 12.7. The van der Waals surface area contributed by atoms with Crippen molar-refractivity contribution in [3.05, 3.63) is 48.3 Å². The average Bonchev–Trinajstić information content (AvgIpc) is 3.02. The van der Waals surface area contributed by atoms with Crippen molar-refractivity contribution in [1.29, 1.82) is 0 Å². The fourth-order valence-electron chi connectivity index (χ4n) is 2.10. The molecule has 1 aromatic carbocycles. The molecule has 0 aliphatic heterocycles. The van der Waals surface area contributed by atoms with E-state index < -0.39 is 0 Å². The minimum atomic E-state index is -0.221. The zero-order chi connectivity index (χ0) is 15.8. The molecule has 0 saturated carbocycles. The van der Waals surface area contributed by atoms with Crippen molar-refractivity contribution in [2.75, 3.05) is 20.2 Å². The van der Waals surface area contributed by atoms with E-state index in [1.54, 1.807) is 7.11 Å². The van der Waals surface area contributed by atoms with Crippen molar-refractivity contribution < 1.29 is 9.53 Å². The van der Waals surface area contributed by atoms with Gasteiger partial charge >= 0.3 is 0 Å². The molecule has 0 bridgehead atoms. The Labute approximate surface area is 130 Å². The lowest BCUT2D eigenvalue weighted by Gasteiger charge is -2.12. The van der Waals surface area contributed by atoms with Crippen LogP contribution in [-0.4, -0.2) is 42.0 Å². The first-order chi connectivity index (χ1) is 10.7. The summed E-state index contributed by atoms with van der Waals surface area (Å²) in [4.78, 5) is 11.7. The van der Waals surface area contributed by atoms with Gasteiger partial charge in [0.1, 0.15) is 0 Å². The standard InChI is InChI=1S/C16H22N4O2/c1-22-15(10-17)9-16(21)18-8-7-13-11-19-20(12-13)14-5-3-2-4-6-14/h2-6,11-12,15H,7-10,17H2,1H3,(H,18,21). The number of ether oxygens (including phenoxy) is 1. The predicted octanol–water partition coefficient (Wildman–Crippen LogP) is 0.895. The van der Waals surface area contributed by atoms with Crippen LogP contribution in [-0.2, 0) is 16.0 Å². The Bertz CT molecular complexity index is 579. The Morgan fingerprint density at radius 1 is 1.41 bits per heavy atom. The number of amides is 1. The van der Waals surface area contributed by atoms with E-state index in [9.17, 15) is 4.79 Å². The van der Waals surface area contributed by atoms with Crippen LogP contribution in [0.15, 0.2) is 42.7 Å². The van der Waals surface area contributed by atoms with Gasteiger partial charge in [0, 0.05) is 26.4 Å². The van der Waals surface area contributed by atoms with Crippen LogP contribution in [0.2, 0.25) is 0 Å². The molecule has 6 nitrogen and oxygen atoms in total. The summed E-state index contributed by atoms with van der Waals surface area (Å²) < 4.78 is 6.91. The summed E-state index contributed by atoms with van der Waals surface area (Å²) in [6.45, 7) is 0.911. The number of benzene rings is 1. The number of nitrogens with two attached hydrogens (primary N) is 1. The Morgan fingerprint density at radius 3 is 2.86 bits per heavy atom. The Hall–Kier alpha value is -2.18. The van der Waals surface area contributed by atoms with Crippen LogP contribution in [0.3, 0.4) is 0 Å². The van der Waals surface area contributed by atoms with Crippen LogP contribution < -0.4 is 11.1 Å². The highest BCUT2D eigenvalue weighted by Crippen LogP contribution is 2.07. The summed E-state index contributed by atoms with van der Waals surface area (Å²) in [5.41, 5.74) is 7.59. The van der Waals surface area contributed by atoms with Gasteiger partial charge in [-0.25, -0.2) is 4.68 Å². The lowest BCUT2D eigenvalue weighted by molar-refractivity contribution is -0.123. The number of hydrogen-bond acceptors (Lipinski definition) is 4. The maximum absolute atomic E-state index is 11.7. The van der Waals surface area contributed by atoms with Gasteiger partial charge in [-0.1, -0.05) is 18.2 Å². The second-order valence-corrected chi connectivity index (χ2v) is 5.03. The molecule has 0 saturated heterocycles. The first kappa shape index (κ1) is 16.2. The van der Waals surface area contributed by atoms with Crippen LogP contribution >= 0.6 is 0 Å². The van der Waals surface area contributed by atoms with Gasteiger partial charge in [0.2, 0.25) is 5.91 Å². The van der Waals surface area contributed by atoms with E-state index in [1.807, 2.05) is 47.4 Å². The van der Waals surface area contributed by atoms with Gasteiger partial charge in [0.25, 0.3) is 0 Å². The molecule has 22 heavy (non-hydrogen) atoms. The summed E-state index contributed by atoms with van der Waals surface area (Å²) in [6.07, 6.45) is 4.59. The third-order valence-corrected chi connectivity index (χ3v) is 3.40. The summed E-state index contributed by atoms with van der Waals surface area (Å²) in [5, 5.41) is 7.19. The first-order valence-electron chi connectivity index (χ1n) is 7.31. The normalized spacial score (nSPS) is 12.1. The molecule has 1 atom stereocenters. The number of nitrogens with zero attached hydrogens (tertiary/aromatic N) is 2. The molecule has 0 aliphatic rings. The summed E-state index contributed by atoms with van der Waals surface area (Å²) in [6, 6.07) is 9.91. The number of methoxy groups -OCH3 is 1. The quantitative estimate of drug-likeness (QED) is 0.759. The van der Waals surface area contributed by atoms with Crippen LogP contribution in [0.1, 0.15) is 12.0 Å². The molecule has 1 heterocycles. The van der Waals surface area contributed by atoms with Crippen LogP contribution in [0, 0.1) is 0 Å². The Kier molecular flexibility index (Phi) is 6.12. The van der Waals surface area contributed by atoms with Gasteiger partial charge in [0.05, 0.1) is 24.4 Å². The summed E-state index contributed by atoms with van der Waals surface area (Å²) in [5.74, 6) is -0.0484. The van der Waals surface area contributed by atoms with E-state index in [-0.39, 0.29) is 18.4 Å². The molecule has 118 valence electrons. The lowest BCUT2D eigenvalue weighted by atomic mass is 10.2. The number of aromatic nitrogens is 2. The highest BCUT2D eigenvalue weighted by atomic mass is 16.5. The minimum absolute atomic E-state index is 0.0484. The third-order valence-electron chi connectivity index (χ3n) is 3.40. The SMILES string of the molecule is COC(CN)CC(=O)NCCc1cnn(-c2ccccc2)c1. The van der Waals surface area contributed by atoms with Crippen LogP contribution in [0.5, 0.6) is 0 Å². The number of para-hydroxylation sites is 1. The summed E-state index contributed by atoms with van der Waals surface area (Å²) >= 11 is 0. The molecule has 3 N–H and O–H groups in total. The third kappa shape index (κ3) is 4.68. The molecule has 1 amide bonds. The van der Waals surface area contributed by atoms with E-state index in [2.05, 4.69) is 10.4 Å². The smallest absolute Gasteiger partial charge is 0.222 e. The van der Waals surface area contributed by atoms with Crippen molar-refractivity contribution in [2.24, 2.45) is 5.73 Å². The van der Waals surface area contributed by atoms with Gasteiger partial charge in [-0.2, -0.15) is 5.10 Å². The number of rotatable bonds is 8. The maximum atomic E-state index is 11.7. The molecule has 0 fully saturated rings. The molecule has 0 aliphatic carbocycles. The van der Waals surface area contributed by atoms with Crippen molar-refractivity contribution in [1.82, 2.24) is 15.1 Å². The second kappa shape index (κ2) is 8.31. The molecular weight excluding hydrogens is 280 g/mol. The zero-order valence-corrected chi connectivity index (χ0v) is 12.7. The van der Waals surface area contributed by atoms with Gasteiger partial charge in [-0.3, -0.25) is 4.79 Å². The molecular formula is C16H22N4O2. The van der Waals surface area contributed by atoms with Crippen molar-refractivity contribution >= 4 is 5.91 Å². The van der Waals surface area contributed by atoms with Gasteiger partial charge < -0.3 is 15.8 Å². The number of carbonyl (C=O) groups is 1. The van der Waals surface area contributed by atoms with Crippen molar-refractivity contribution in [3.8, 4) is 5.69 Å².